The standard InChI is InChI=1S/C28H55N3O2/c1-4-5-6-7-8-9-10-11-12-13-14-15-16-17-18-21-27(32)29-23-25-31(2,3)26-30-24-20-19-22-28(30)33/h4-26H2,1-3H3/p+1. The van der Waals surface area contributed by atoms with Crippen molar-refractivity contribution in [1.82, 2.24) is 10.2 Å². The van der Waals surface area contributed by atoms with Crippen LogP contribution >= 0.6 is 0 Å². The highest BCUT2D eigenvalue weighted by atomic mass is 16.2. The number of carbonyl (C=O) groups excluding carboxylic acids is 2. The van der Waals surface area contributed by atoms with E-state index in [1.54, 1.807) is 0 Å². The number of rotatable bonds is 21. The van der Waals surface area contributed by atoms with Gasteiger partial charge in [-0.15, -0.1) is 0 Å². The summed E-state index contributed by atoms with van der Waals surface area (Å²) in [5.41, 5.74) is 0. The molecule has 0 saturated carbocycles. The van der Waals surface area contributed by atoms with Crippen LogP contribution in [-0.4, -0.2) is 61.6 Å². The van der Waals surface area contributed by atoms with Crippen molar-refractivity contribution < 1.29 is 14.1 Å². The second-order valence-electron chi connectivity index (χ2n) is 11.0. The largest absolute Gasteiger partial charge is 0.350 e. The van der Waals surface area contributed by atoms with Gasteiger partial charge >= 0.3 is 0 Å². The van der Waals surface area contributed by atoms with E-state index >= 15 is 0 Å². The van der Waals surface area contributed by atoms with Crippen molar-refractivity contribution in [2.45, 2.75) is 129 Å². The molecule has 1 N–H and O–H groups in total. The van der Waals surface area contributed by atoms with Crippen molar-refractivity contribution in [3.8, 4) is 0 Å². The molecule has 0 bridgehead atoms. The molecule has 5 heteroatoms. The second kappa shape index (κ2) is 19.2. The molecule has 1 heterocycles. The van der Waals surface area contributed by atoms with Crippen molar-refractivity contribution in [3.63, 3.8) is 0 Å². The highest BCUT2D eigenvalue weighted by Gasteiger charge is 2.25. The Bertz CT molecular complexity index is 507. The summed E-state index contributed by atoms with van der Waals surface area (Å²) in [5.74, 6) is 0.461. The van der Waals surface area contributed by atoms with Crippen molar-refractivity contribution >= 4 is 11.8 Å². The lowest BCUT2D eigenvalue weighted by Crippen LogP contribution is -2.54. The SMILES string of the molecule is CCCCCCCCCCCCCCCCCC(=O)NCC[N+](C)(C)CN1CCCCC1=O. The van der Waals surface area contributed by atoms with Crippen molar-refractivity contribution in [2.75, 3.05) is 40.4 Å². The molecule has 0 radical (unpaired) electrons. The fourth-order valence-electron chi connectivity index (χ4n) is 4.79. The van der Waals surface area contributed by atoms with Gasteiger partial charge in [0.1, 0.15) is 0 Å². The number of nitrogens with zero attached hydrogens (tertiary/aromatic N) is 2. The van der Waals surface area contributed by atoms with Crippen LogP contribution in [0.3, 0.4) is 0 Å². The summed E-state index contributed by atoms with van der Waals surface area (Å²) in [5, 5.41) is 3.08. The molecule has 0 aromatic rings. The molecule has 0 unspecified atom stereocenters. The van der Waals surface area contributed by atoms with Crippen molar-refractivity contribution in [2.24, 2.45) is 0 Å². The smallest absolute Gasteiger partial charge is 0.226 e. The van der Waals surface area contributed by atoms with Crippen LogP contribution in [0.5, 0.6) is 0 Å². The molecule has 1 aliphatic heterocycles. The first-order valence-corrected chi connectivity index (χ1v) is 14.3. The predicted molar refractivity (Wildman–Crippen MR) is 140 cm³/mol. The van der Waals surface area contributed by atoms with Gasteiger partial charge in [-0.2, -0.15) is 0 Å². The van der Waals surface area contributed by atoms with Crippen LogP contribution in [0.2, 0.25) is 0 Å². The summed E-state index contributed by atoms with van der Waals surface area (Å²) in [4.78, 5) is 26.1. The van der Waals surface area contributed by atoms with E-state index in [0.717, 1.165) is 43.5 Å². The molecule has 194 valence electrons. The zero-order valence-electron chi connectivity index (χ0n) is 22.5. The van der Waals surface area contributed by atoms with E-state index in [9.17, 15) is 9.59 Å². The van der Waals surface area contributed by atoms with Gasteiger partial charge in [0, 0.05) is 19.4 Å². The number of nitrogens with one attached hydrogen (secondary N) is 1. The predicted octanol–water partition coefficient (Wildman–Crippen LogP) is 6.41. The highest BCUT2D eigenvalue weighted by molar-refractivity contribution is 5.76. The Labute approximate surface area is 205 Å². The van der Waals surface area contributed by atoms with Crippen LogP contribution in [0.15, 0.2) is 0 Å². The van der Waals surface area contributed by atoms with Gasteiger partial charge in [0.15, 0.2) is 6.67 Å². The van der Waals surface area contributed by atoms with Gasteiger partial charge in [-0.1, -0.05) is 96.8 Å². The molecule has 5 nitrogen and oxygen atoms in total. The average Bonchev–Trinajstić information content (AvgIpc) is 2.77. The van der Waals surface area contributed by atoms with Crippen LogP contribution < -0.4 is 5.32 Å². The second-order valence-corrected chi connectivity index (χ2v) is 11.0. The number of carbonyl (C=O) groups is 2. The molecule has 1 fully saturated rings. The van der Waals surface area contributed by atoms with Gasteiger partial charge in [0.05, 0.1) is 27.2 Å². The van der Waals surface area contributed by atoms with Crippen molar-refractivity contribution in [1.29, 1.82) is 0 Å². The average molecular weight is 467 g/mol. The Kier molecular flexibility index (Phi) is 17.4. The topological polar surface area (TPSA) is 49.4 Å². The molecular weight excluding hydrogens is 410 g/mol. The zero-order valence-corrected chi connectivity index (χ0v) is 22.5. The number of hydrogen-bond donors (Lipinski definition) is 1. The third-order valence-corrected chi connectivity index (χ3v) is 7.02. The lowest BCUT2D eigenvalue weighted by molar-refractivity contribution is -0.897. The molecular formula is C28H56N3O2+. The molecule has 0 atom stereocenters. The Morgan fingerprint density at radius 1 is 0.818 bits per heavy atom. The number of quaternary nitrogens is 1. The number of piperidine rings is 1. The number of likely N-dealkylation sites (N-methyl/N-ethyl adjacent to an activating group) is 1. The molecule has 33 heavy (non-hydrogen) atoms. The molecule has 0 spiro atoms. The normalized spacial score (nSPS) is 14.6. The van der Waals surface area contributed by atoms with E-state index in [0.29, 0.717) is 19.4 Å². The molecule has 1 rings (SSSR count). The molecule has 2 amide bonds. The van der Waals surface area contributed by atoms with Gasteiger partial charge in [-0.25, -0.2) is 0 Å². The zero-order chi connectivity index (χ0) is 24.2. The van der Waals surface area contributed by atoms with Crippen LogP contribution in [-0.2, 0) is 9.59 Å². The van der Waals surface area contributed by atoms with Gasteiger partial charge in [0.25, 0.3) is 0 Å². The van der Waals surface area contributed by atoms with Gasteiger partial charge in [0.2, 0.25) is 11.8 Å². The van der Waals surface area contributed by atoms with E-state index < -0.39 is 0 Å². The fourth-order valence-corrected chi connectivity index (χ4v) is 4.79. The summed E-state index contributed by atoms with van der Waals surface area (Å²) in [7, 11) is 4.28. The van der Waals surface area contributed by atoms with Gasteiger partial charge in [-0.05, 0) is 19.3 Å². The first kappa shape index (κ1) is 29.9. The van der Waals surface area contributed by atoms with Crippen LogP contribution in [0.25, 0.3) is 0 Å². The molecule has 0 aliphatic carbocycles. The highest BCUT2D eigenvalue weighted by Crippen LogP contribution is 2.14. The summed E-state index contributed by atoms with van der Waals surface area (Å²) >= 11 is 0. The fraction of sp³-hybridized carbons (Fsp3) is 0.929. The van der Waals surface area contributed by atoms with Gasteiger partial charge < -0.3 is 9.80 Å². The maximum atomic E-state index is 12.1. The quantitative estimate of drug-likeness (QED) is 0.157. The number of unbranched alkanes of at least 4 members (excludes halogenated alkanes) is 14. The summed E-state index contributed by atoms with van der Waals surface area (Å²) in [6, 6.07) is 0. The Balaban J connectivity index is 1.87. The molecule has 1 saturated heterocycles. The number of likely N-dealkylation sites (tertiary alicyclic amines) is 1. The first-order valence-electron chi connectivity index (χ1n) is 14.3. The lowest BCUT2D eigenvalue weighted by atomic mass is 10.0. The molecule has 1 aliphatic rings. The van der Waals surface area contributed by atoms with Gasteiger partial charge in [-0.3, -0.25) is 14.5 Å². The third kappa shape index (κ3) is 17.1. The minimum atomic E-state index is 0.179. The Hall–Kier alpha value is -1.10. The van der Waals surface area contributed by atoms with Crippen LogP contribution in [0.1, 0.15) is 129 Å². The monoisotopic (exact) mass is 466 g/mol. The Morgan fingerprint density at radius 2 is 1.33 bits per heavy atom. The van der Waals surface area contributed by atoms with Crippen LogP contribution in [0.4, 0.5) is 0 Å². The van der Waals surface area contributed by atoms with E-state index in [4.69, 9.17) is 0 Å². The number of amides is 2. The maximum Gasteiger partial charge on any atom is 0.226 e. The molecule has 0 aromatic heterocycles. The lowest BCUT2D eigenvalue weighted by Gasteiger charge is -2.37. The minimum Gasteiger partial charge on any atom is -0.350 e. The van der Waals surface area contributed by atoms with Crippen molar-refractivity contribution in [3.05, 3.63) is 0 Å². The minimum absolute atomic E-state index is 0.179. The van der Waals surface area contributed by atoms with E-state index in [1.165, 1.54) is 89.9 Å². The number of hydrogen-bond acceptors (Lipinski definition) is 2. The third-order valence-electron chi connectivity index (χ3n) is 7.02. The first-order chi connectivity index (χ1) is 15.9. The Morgan fingerprint density at radius 3 is 1.85 bits per heavy atom. The van der Waals surface area contributed by atoms with E-state index in [2.05, 4.69) is 26.3 Å². The summed E-state index contributed by atoms with van der Waals surface area (Å²) < 4.78 is 0.741. The van der Waals surface area contributed by atoms with E-state index in [1.807, 2.05) is 4.90 Å². The van der Waals surface area contributed by atoms with E-state index in [-0.39, 0.29) is 11.8 Å². The maximum absolute atomic E-state index is 12.1. The van der Waals surface area contributed by atoms with Crippen LogP contribution in [0, 0.1) is 0 Å². The summed E-state index contributed by atoms with van der Waals surface area (Å²) in [6.45, 7) is 5.45. The summed E-state index contributed by atoms with van der Waals surface area (Å²) in [6.07, 6.45) is 23.7. The molecule has 0 aromatic carbocycles.